The lowest BCUT2D eigenvalue weighted by Crippen LogP contribution is -2.54. The van der Waals surface area contributed by atoms with Crippen LogP contribution in [0.5, 0.6) is 0 Å². The van der Waals surface area contributed by atoms with E-state index in [1.807, 2.05) is 0 Å². The number of hydrogen-bond donors (Lipinski definition) is 1. The summed E-state index contributed by atoms with van der Waals surface area (Å²) in [5.41, 5.74) is 0.252. The summed E-state index contributed by atoms with van der Waals surface area (Å²) in [6, 6.07) is 2.26. The van der Waals surface area contributed by atoms with Crippen molar-refractivity contribution in [3.05, 3.63) is 11.6 Å². The van der Waals surface area contributed by atoms with Gasteiger partial charge in [-0.05, 0) is 68.1 Å². The first kappa shape index (κ1) is 18.0. The van der Waals surface area contributed by atoms with Gasteiger partial charge in [-0.3, -0.25) is 4.79 Å². The number of nitrogens with zero attached hydrogens (tertiary/aromatic N) is 1. The van der Waals surface area contributed by atoms with Crippen molar-refractivity contribution in [2.45, 2.75) is 83.8 Å². The highest BCUT2D eigenvalue weighted by atomic mass is 16.5. The molecule has 4 heteroatoms. The second-order valence-corrected chi connectivity index (χ2v) is 9.70. The molecule has 7 atom stereocenters. The molecular weight excluding hydrogens is 326 g/mol. The summed E-state index contributed by atoms with van der Waals surface area (Å²) in [7, 11) is 0. The molecular formula is C22H31NO3. The van der Waals surface area contributed by atoms with Crippen LogP contribution in [0.3, 0.4) is 0 Å². The lowest BCUT2D eigenvalue weighted by atomic mass is 9.47. The summed E-state index contributed by atoms with van der Waals surface area (Å²) in [5, 5.41) is 20.5. The molecule has 1 N–H and O–H groups in total. The van der Waals surface area contributed by atoms with Crippen LogP contribution in [0.4, 0.5) is 0 Å². The maximum Gasteiger partial charge on any atom is 0.302 e. The zero-order chi connectivity index (χ0) is 18.7. The van der Waals surface area contributed by atoms with Gasteiger partial charge in [0.2, 0.25) is 0 Å². The van der Waals surface area contributed by atoms with E-state index in [-0.39, 0.29) is 22.9 Å². The first-order valence-electron chi connectivity index (χ1n) is 10.2. The summed E-state index contributed by atoms with van der Waals surface area (Å²) >= 11 is 0. The summed E-state index contributed by atoms with van der Waals surface area (Å²) in [4.78, 5) is 11.3. The first-order valence-corrected chi connectivity index (χ1v) is 10.2. The van der Waals surface area contributed by atoms with Crippen molar-refractivity contribution in [3.8, 4) is 6.07 Å². The molecule has 4 aliphatic rings. The Bertz CT molecular complexity index is 694. The van der Waals surface area contributed by atoms with Crippen LogP contribution in [0.2, 0.25) is 0 Å². The van der Waals surface area contributed by atoms with Crippen LogP contribution in [0.15, 0.2) is 11.6 Å². The molecule has 0 aromatic rings. The molecule has 142 valence electrons. The number of carbonyl (C=O) groups excluding carboxylic acids is 1. The van der Waals surface area contributed by atoms with Crippen LogP contribution in [0, 0.1) is 39.9 Å². The lowest BCUT2D eigenvalue weighted by Gasteiger charge is -2.58. The van der Waals surface area contributed by atoms with E-state index in [0.29, 0.717) is 24.2 Å². The van der Waals surface area contributed by atoms with Gasteiger partial charge in [0.1, 0.15) is 6.10 Å². The zero-order valence-electron chi connectivity index (χ0n) is 16.3. The minimum Gasteiger partial charge on any atom is -0.462 e. The molecule has 0 aromatic heterocycles. The number of ether oxygens (including phenoxy) is 1. The highest BCUT2D eigenvalue weighted by Gasteiger charge is 2.64. The van der Waals surface area contributed by atoms with Crippen molar-refractivity contribution in [2.24, 2.45) is 28.6 Å². The Morgan fingerprint density at radius 1 is 1.23 bits per heavy atom. The molecule has 4 aliphatic carbocycles. The predicted molar refractivity (Wildman–Crippen MR) is 97.8 cm³/mol. The molecule has 4 rings (SSSR count). The molecule has 0 aromatic carbocycles. The third-order valence-electron chi connectivity index (χ3n) is 8.73. The molecule has 0 radical (unpaired) electrons. The third kappa shape index (κ3) is 2.32. The maximum atomic E-state index is 11.3. The Hall–Kier alpha value is -1.34. The molecule has 0 heterocycles. The van der Waals surface area contributed by atoms with Gasteiger partial charge in [0.25, 0.3) is 0 Å². The highest BCUT2D eigenvalue weighted by Crippen LogP contribution is 2.67. The molecule has 3 saturated carbocycles. The van der Waals surface area contributed by atoms with E-state index < -0.39 is 5.60 Å². The van der Waals surface area contributed by atoms with Crippen molar-refractivity contribution in [1.29, 1.82) is 5.26 Å². The number of hydrogen-bond acceptors (Lipinski definition) is 4. The molecule has 0 bridgehead atoms. The van der Waals surface area contributed by atoms with Crippen molar-refractivity contribution in [1.82, 2.24) is 0 Å². The molecule has 0 aliphatic heterocycles. The largest absolute Gasteiger partial charge is 0.462 e. The number of carbonyl (C=O) groups is 1. The van der Waals surface area contributed by atoms with Gasteiger partial charge in [-0.25, -0.2) is 0 Å². The number of rotatable bonds is 1. The second-order valence-electron chi connectivity index (χ2n) is 9.70. The Morgan fingerprint density at radius 3 is 2.65 bits per heavy atom. The van der Waals surface area contributed by atoms with Gasteiger partial charge >= 0.3 is 5.97 Å². The van der Waals surface area contributed by atoms with Gasteiger partial charge in [0, 0.05) is 18.8 Å². The lowest BCUT2D eigenvalue weighted by molar-refractivity contribution is -0.149. The Kier molecular flexibility index (Phi) is 4.04. The van der Waals surface area contributed by atoms with E-state index in [4.69, 9.17) is 4.74 Å². The highest BCUT2D eigenvalue weighted by molar-refractivity contribution is 5.66. The predicted octanol–water partition coefficient (Wildman–Crippen LogP) is 4.14. The molecule has 0 spiro atoms. The van der Waals surface area contributed by atoms with Crippen molar-refractivity contribution in [3.63, 3.8) is 0 Å². The van der Waals surface area contributed by atoms with E-state index in [9.17, 15) is 15.2 Å². The van der Waals surface area contributed by atoms with Crippen molar-refractivity contribution in [2.75, 3.05) is 0 Å². The fourth-order valence-corrected chi connectivity index (χ4v) is 7.16. The van der Waals surface area contributed by atoms with Gasteiger partial charge in [-0.2, -0.15) is 5.26 Å². The number of nitriles is 1. The number of allylic oxidation sites excluding steroid dienone is 1. The topological polar surface area (TPSA) is 70.3 Å². The van der Waals surface area contributed by atoms with Gasteiger partial charge in [-0.1, -0.05) is 25.5 Å². The second kappa shape index (κ2) is 5.83. The van der Waals surface area contributed by atoms with E-state index in [1.165, 1.54) is 12.5 Å². The summed E-state index contributed by atoms with van der Waals surface area (Å²) < 4.78 is 5.50. The Morgan fingerprint density at radius 2 is 1.96 bits per heavy atom. The standard InChI is InChI=1S/C22H31NO3/c1-14(24)26-16-6-9-20(2)15(12-16)4-5-17-18(20)7-10-21(3)19(17)8-11-22(21,25)13-23/h4,16-19,25H,5-12H2,1-3H3/t16-,17+,18+,19+,20+,21+,22+/m1/s1. The quantitative estimate of drug-likeness (QED) is 0.435. The normalized spacial score (nSPS) is 49.9. The SMILES string of the molecule is CC(=O)O[C@@H]1CC[C@@]2(C)C(=CC[C@H]3[C@@H]2CC[C@@]2(C)[C@H]3CC[C@]2(O)C#N)C1. The minimum atomic E-state index is -1.15. The first-order chi connectivity index (χ1) is 12.2. The summed E-state index contributed by atoms with van der Waals surface area (Å²) in [6.45, 7) is 6.06. The van der Waals surface area contributed by atoms with E-state index in [2.05, 4.69) is 26.0 Å². The molecule has 3 fully saturated rings. The average molecular weight is 357 g/mol. The van der Waals surface area contributed by atoms with Crippen LogP contribution < -0.4 is 0 Å². The molecule has 4 nitrogen and oxygen atoms in total. The fourth-order valence-electron chi connectivity index (χ4n) is 7.16. The van der Waals surface area contributed by atoms with Crippen LogP contribution in [-0.2, 0) is 9.53 Å². The minimum absolute atomic E-state index is 0.0346. The van der Waals surface area contributed by atoms with Gasteiger partial charge in [0.15, 0.2) is 5.60 Å². The van der Waals surface area contributed by atoms with Gasteiger partial charge in [0.05, 0.1) is 6.07 Å². The van der Waals surface area contributed by atoms with Crippen molar-refractivity contribution >= 4 is 5.97 Å². The number of fused-ring (bicyclic) bond motifs is 5. The summed E-state index contributed by atoms with van der Waals surface area (Å²) in [5.74, 6) is 1.45. The van der Waals surface area contributed by atoms with Gasteiger partial charge in [-0.15, -0.1) is 0 Å². The van der Waals surface area contributed by atoms with Crippen LogP contribution >= 0.6 is 0 Å². The summed E-state index contributed by atoms with van der Waals surface area (Å²) in [6.07, 6.45) is 10.0. The molecule has 0 unspecified atom stereocenters. The van der Waals surface area contributed by atoms with E-state index in [0.717, 1.165) is 44.9 Å². The van der Waals surface area contributed by atoms with E-state index >= 15 is 0 Å². The molecule has 26 heavy (non-hydrogen) atoms. The van der Waals surface area contributed by atoms with Crippen molar-refractivity contribution < 1.29 is 14.6 Å². The average Bonchev–Trinajstić information content (AvgIpc) is 2.87. The molecule has 0 amide bonds. The zero-order valence-corrected chi connectivity index (χ0v) is 16.3. The fraction of sp³-hybridized carbons (Fsp3) is 0.818. The smallest absolute Gasteiger partial charge is 0.302 e. The Labute approximate surface area is 156 Å². The third-order valence-corrected chi connectivity index (χ3v) is 8.73. The van der Waals surface area contributed by atoms with E-state index in [1.54, 1.807) is 0 Å². The maximum absolute atomic E-state index is 11.3. The molecule has 0 saturated heterocycles. The van der Waals surface area contributed by atoms with Gasteiger partial charge < -0.3 is 9.84 Å². The Balaban J connectivity index is 1.61. The monoisotopic (exact) mass is 357 g/mol. The van der Waals surface area contributed by atoms with Crippen LogP contribution in [0.25, 0.3) is 0 Å². The van der Waals surface area contributed by atoms with Crippen LogP contribution in [-0.4, -0.2) is 22.8 Å². The van der Waals surface area contributed by atoms with Crippen LogP contribution in [0.1, 0.15) is 72.1 Å². The number of aliphatic hydroxyl groups is 1. The number of esters is 1.